The van der Waals surface area contributed by atoms with Crippen LogP contribution in [0, 0.1) is 6.92 Å². The number of amides is 1. The topological polar surface area (TPSA) is 58.1 Å². The first-order valence-corrected chi connectivity index (χ1v) is 8.68. The van der Waals surface area contributed by atoms with Crippen molar-refractivity contribution in [1.29, 1.82) is 0 Å². The number of nitrogens with one attached hydrogen (secondary N) is 1. The Hall–Kier alpha value is -2.14. The molecule has 24 heavy (non-hydrogen) atoms. The van der Waals surface area contributed by atoms with Gasteiger partial charge >= 0.3 is 0 Å². The van der Waals surface area contributed by atoms with Gasteiger partial charge in [0.25, 0.3) is 5.91 Å². The number of nitrogens with zero attached hydrogens (tertiary/aromatic N) is 3. The lowest BCUT2D eigenvalue weighted by atomic mass is 10.2. The van der Waals surface area contributed by atoms with Gasteiger partial charge in [-0.1, -0.05) is 30.5 Å². The van der Waals surface area contributed by atoms with Crippen LogP contribution < -0.4 is 10.2 Å². The quantitative estimate of drug-likeness (QED) is 0.911. The Morgan fingerprint density at radius 2 is 1.83 bits per heavy atom. The largest absolute Gasteiger partial charge is 0.355 e. The van der Waals surface area contributed by atoms with Gasteiger partial charge in [-0.2, -0.15) is 0 Å². The number of hydrogen-bond donors (Lipinski definition) is 1. The summed E-state index contributed by atoms with van der Waals surface area (Å²) in [5, 5.41) is 11.8. The minimum absolute atomic E-state index is 0.282. The summed E-state index contributed by atoms with van der Waals surface area (Å²) in [6.45, 7) is 3.87. The molecule has 126 valence electrons. The molecule has 0 bridgehead atoms. The van der Waals surface area contributed by atoms with E-state index in [0.29, 0.717) is 16.4 Å². The average Bonchev–Trinajstić information content (AvgIpc) is 2.88. The highest BCUT2D eigenvalue weighted by molar-refractivity contribution is 6.31. The normalized spacial score (nSPS) is 15.0. The van der Waals surface area contributed by atoms with Crippen LogP contribution in [0.1, 0.15) is 41.7 Å². The second-order valence-electron chi connectivity index (χ2n) is 6.04. The van der Waals surface area contributed by atoms with E-state index in [0.717, 1.165) is 24.5 Å². The lowest BCUT2D eigenvalue weighted by Crippen LogP contribution is -2.25. The van der Waals surface area contributed by atoms with E-state index in [4.69, 9.17) is 11.6 Å². The van der Waals surface area contributed by atoms with Crippen molar-refractivity contribution in [2.75, 3.05) is 23.3 Å². The summed E-state index contributed by atoms with van der Waals surface area (Å²) in [5.41, 5.74) is 1.82. The molecule has 1 N–H and O–H groups in total. The van der Waals surface area contributed by atoms with E-state index >= 15 is 0 Å². The highest BCUT2D eigenvalue weighted by Gasteiger charge is 2.14. The van der Waals surface area contributed by atoms with E-state index < -0.39 is 0 Å². The van der Waals surface area contributed by atoms with Crippen molar-refractivity contribution >= 4 is 29.0 Å². The predicted octanol–water partition coefficient (Wildman–Crippen LogP) is 4.07. The first-order chi connectivity index (χ1) is 11.6. The molecule has 0 saturated carbocycles. The monoisotopic (exact) mass is 344 g/mol. The molecule has 1 aliphatic rings. The second-order valence-corrected chi connectivity index (χ2v) is 6.45. The van der Waals surface area contributed by atoms with E-state index in [2.05, 4.69) is 20.4 Å². The van der Waals surface area contributed by atoms with Crippen molar-refractivity contribution < 1.29 is 4.79 Å². The third-order valence-electron chi connectivity index (χ3n) is 4.33. The molecule has 0 unspecified atom stereocenters. The molecule has 0 spiro atoms. The number of benzene rings is 1. The summed E-state index contributed by atoms with van der Waals surface area (Å²) in [4.78, 5) is 14.6. The van der Waals surface area contributed by atoms with Crippen molar-refractivity contribution in [1.82, 2.24) is 10.2 Å². The second kappa shape index (κ2) is 7.62. The predicted molar refractivity (Wildman–Crippen MR) is 96.9 cm³/mol. The van der Waals surface area contributed by atoms with Crippen LogP contribution in [0.3, 0.4) is 0 Å². The summed E-state index contributed by atoms with van der Waals surface area (Å²) >= 11 is 6.08. The smallest absolute Gasteiger partial charge is 0.276 e. The fourth-order valence-electron chi connectivity index (χ4n) is 2.84. The number of aromatic nitrogens is 2. The Balaban J connectivity index is 1.70. The van der Waals surface area contributed by atoms with Gasteiger partial charge in [0, 0.05) is 23.8 Å². The zero-order valence-corrected chi connectivity index (χ0v) is 14.5. The van der Waals surface area contributed by atoms with Crippen LogP contribution in [-0.2, 0) is 0 Å². The molecule has 0 aliphatic carbocycles. The Kier molecular flexibility index (Phi) is 5.30. The number of hydrogen-bond acceptors (Lipinski definition) is 4. The van der Waals surface area contributed by atoms with Crippen molar-refractivity contribution in [2.45, 2.75) is 32.6 Å². The molecule has 5 nitrogen and oxygen atoms in total. The summed E-state index contributed by atoms with van der Waals surface area (Å²) < 4.78 is 0. The van der Waals surface area contributed by atoms with Crippen LogP contribution in [-0.4, -0.2) is 29.2 Å². The van der Waals surface area contributed by atoms with E-state index in [1.807, 2.05) is 19.1 Å². The zero-order chi connectivity index (χ0) is 16.9. The van der Waals surface area contributed by atoms with Gasteiger partial charge in [0.15, 0.2) is 11.5 Å². The van der Waals surface area contributed by atoms with Gasteiger partial charge < -0.3 is 10.2 Å². The SMILES string of the molecule is Cc1c(Cl)cccc1NC(=O)c1ccc(N2CCCCCC2)nn1. The Morgan fingerprint density at radius 1 is 1.08 bits per heavy atom. The molecule has 1 fully saturated rings. The molecular weight excluding hydrogens is 324 g/mol. The molecule has 0 radical (unpaired) electrons. The van der Waals surface area contributed by atoms with Crippen LogP contribution in [0.15, 0.2) is 30.3 Å². The van der Waals surface area contributed by atoms with Gasteiger partial charge in [-0.25, -0.2) is 0 Å². The van der Waals surface area contributed by atoms with Gasteiger partial charge in [-0.05, 0) is 49.6 Å². The van der Waals surface area contributed by atoms with Crippen molar-refractivity contribution in [3.05, 3.63) is 46.6 Å². The minimum atomic E-state index is -0.282. The lowest BCUT2D eigenvalue weighted by Gasteiger charge is -2.20. The molecule has 1 aromatic carbocycles. The third-order valence-corrected chi connectivity index (χ3v) is 4.74. The van der Waals surface area contributed by atoms with Gasteiger partial charge in [-0.3, -0.25) is 4.79 Å². The molecule has 6 heteroatoms. The molecule has 3 rings (SSSR count). The van der Waals surface area contributed by atoms with Gasteiger partial charge in [0.1, 0.15) is 0 Å². The number of halogens is 1. The van der Waals surface area contributed by atoms with Crippen molar-refractivity contribution in [2.24, 2.45) is 0 Å². The summed E-state index contributed by atoms with van der Waals surface area (Å²) in [5.74, 6) is 0.558. The number of anilines is 2. The molecule has 1 aromatic heterocycles. The zero-order valence-electron chi connectivity index (χ0n) is 13.8. The van der Waals surface area contributed by atoms with E-state index in [9.17, 15) is 4.79 Å². The van der Waals surface area contributed by atoms with Crippen LogP contribution in [0.5, 0.6) is 0 Å². The number of rotatable bonds is 3. The summed E-state index contributed by atoms with van der Waals surface area (Å²) in [7, 11) is 0. The average molecular weight is 345 g/mol. The molecule has 1 saturated heterocycles. The van der Waals surface area contributed by atoms with Crippen LogP contribution >= 0.6 is 11.6 Å². The molecule has 1 amide bonds. The van der Waals surface area contributed by atoms with E-state index in [1.54, 1.807) is 18.2 Å². The molecular formula is C18H21ClN4O. The van der Waals surface area contributed by atoms with Crippen molar-refractivity contribution in [3.8, 4) is 0 Å². The maximum Gasteiger partial charge on any atom is 0.276 e. The van der Waals surface area contributed by atoms with Gasteiger partial charge in [-0.15, -0.1) is 10.2 Å². The third kappa shape index (κ3) is 3.85. The Labute approximate surface area is 147 Å². The standard InChI is InChI=1S/C18H21ClN4O/c1-13-14(19)7-6-8-15(13)20-18(24)16-9-10-17(22-21-16)23-11-4-2-3-5-12-23/h6-10H,2-5,11-12H2,1H3,(H,20,24). The first kappa shape index (κ1) is 16.7. The maximum atomic E-state index is 12.3. The van der Waals surface area contributed by atoms with E-state index in [-0.39, 0.29) is 5.91 Å². The Bertz CT molecular complexity index is 709. The van der Waals surface area contributed by atoms with Gasteiger partial charge in [0.05, 0.1) is 0 Å². The van der Waals surface area contributed by atoms with E-state index in [1.165, 1.54) is 25.7 Å². The molecule has 2 aromatic rings. The molecule has 0 atom stereocenters. The Morgan fingerprint density at radius 3 is 2.50 bits per heavy atom. The van der Waals surface area contributed by atoms with Crippen molar-refractivity contribution in [3.63, 3.8) is 0 Å². The fraction of sp³-hybridized carbons (Fsp3) is 0.389. The first-order valence-electron chi connectivity index (χ1n) is 8.30. The fourth-order valence-corrected chi connectivity index (χ4v) is 3.02. The van der Waals surface area contributed by atoms with Crippen LogP contribution in [0.25, 0.3) is 0 Å². The number of carbonyl (C=O) groups excluding carboxylic acids is 1. The van der Waals surface area contributed by atoms with Gasteiger partial charge in [0.2, 0.25) is 0 Å². The highest BCUT2D eigenvalue weighted by atomic mass is 35.5. The number of carbonyl (C=O) groups is 1. The lowest BCUT2D eigenvalue weighted by molar-refractivity contribution is 0.102. The highest BCUT2D eigenvalue weighted by Crippen LogP contribution is 2.23. The van der Waals surface area contributed by atoms with Crippen LogP contribution in [0.2, 0.25) is 5.02 Å². The maximum absolute atomic E-state index is 12.3. The molecule has 1 aliphatic heterocycles. The minimum Gasteiger partial charge on any atom is -0.355 e. The van der Waals surface area contributed by atoms with Crippen LogP contribution in [0.4, 0.5) is 11.5 Å². The molecule has 2 heterocycles. The summed E-state index contributed by atoms with van der Waals surface area (Å²) in [6, 6.07) is 9.01. The summed E-state index contributed by atoms with van der Waals surface area (Å²) in [6.07, 6.45) is 4.89.